The van der Waals surface area contributed by atoms with E-state index in [0.717, 1.165) is 33.5 Å². The van der Waals surface area contributed by atoms with Gasteiger partial charge in [-0.3, -0.25) is 4.79 Å². The summed E-state index contributed by atoms with van der Waals surface area (Å²) in [7, 11) is 0. The summed E-state index contributed by atoms with van der Waals surface area (Å²) in [5.74, 6) is 2.27. The van der Waals surface area contributed by atoms with Crippen molar-refractivity contribution in [3.05, 3.63) is 40.0 Å². The maximum atomic E-state index is 12.8. The topological polar surface area (TPSA) is 64.9 Å². The highest BCUT2D eigenvalue weighted by molar-refractivity contribution is 9.10. The molecule has 4 saturated carbocycles. The van der Waals surface area contributed by atoms with Gasteiger partial charge in [0.1, 0.15) is 11.6 Å². The van der Waals surface area contributed by atoms with E-state index in [2.05, 4.69) is 39.6 Å². The number of amides is 1. The number of carbonyl (C=O) groups is 1. The number of hydrogen-bond donors (Lipinski definition) is 2. The van der Waals surface area contributed by atoms with Crippen LogP contribution in [-0.2, 0) is 4.79 Å². The number of rotatable bonds is 5. The predicted octanol–water partition coefficient (Wildman–Crippen LogP) is 5.30. The fourth-order valence-corrected chi connectivity index (χ4v) is 6.70. The van der Waals surface area contributed by atoms with Crippen LogP contribution in [0.3, 0.4) is 0 Å². The van der Waals surface area contributed by atoms with E-state index in [9.17, 15) is 10.1 Å². The standard InChI is InChI=1S/C23H28BrN3O/c1-14-5-20(24)3-4-21(14)26-13-19(12-25)22(28)27-15(2)23-9-16-6-17(10-23)8-18(7-16)11-23/h3-5,13,15-18,26H,6-11H2,1-2H3,(H,27,28)/b19-13-. The first-order valence-corrected chi connectivity index (χ1v) is 11.1. The molecule has 4 aliphatic rings. The van der Waals surface area contributed by atoms with Gasteiger partial charge >= 0.3 is 0 Å². The molecule has 1 aromatic rings. The second kappa shape index (κ2) is 7.55. The van der Waals surface area contributed by atoms with Crippen LogP contribution in [0, 0.1) is 41.4 Å². The number of nitrogens with one attached hydrogen (secondary N) is 2. The number of benzene rings is 1. The average Bonchev–Trinajstić information content (AvgIpc) is 2.62. The van der Waals surface area contributed by atoms with Crippen LogP contribution in [0.25, 0.3) is 0 Å². The van der Waals surface area contributed by atoms with Crippen LogP contribution >= 0.6 is 15.9 Å². The van der Waals surface area contributed by atoms with Crippen molar-refractivity contribution in [2.45, 2.75) is 58.4 Å². The van der Waals surface area contributed by atoms with E-state index in [1.54, 1.807) is 0 Å². The van der Waals surface area contributed by atoms with Gasteiger partial charge in [0.2, 0.25) is 0 Å². The van der Waals surface area contributed by atoms with Crippen LogP contribution in [-0.4, -0.2) is 11.9 Å². The molecule has 28 heavy (non-hydrogen) atoms. The van der Waals surface area contributed by atoms with Crippen molar-refractivity contribution in [3.63, 3.8) is 0 Å². The zero-order valence-electron chi connectivity index (χ0n) is 16.6. The molecule has 4 fully saturated rings. The molecule has 0 heterocycles. The third-order valence-corrected chi connectivity index (χ3v) is 7.77. The van der Waals surface area contributed by atoms with Gasteiger partial charge in [-0.15, -0.1) is 0 Å². The van der Waals surface area contributed by atoms with Gasteiger partial charge in [-0.05, 0) is 99.3 Å². The van der Waals surface area contributed by atoms with Gasteiger partial charge in [0, 0.05) is 22.4 Å². The normalized spacial score (nSPS) is 31.9. The smallest absolute Gasteiger partial charge is 0.263 e. The molecule has 0 aromatic heterocycles. The summed E-state index contributed by atoms with van der Waals surface area (Å²) in [6.45, 7) is 4.13. The molecule has 4 bridgehead atoms. The SMILES string of the molecule is Cc1cc(Br)ccc1N/C=C(/C#N)C(=O)NC(C)C12CC3CC(CC(C3)C1)C2. The van der Waals surface area contributed by atoms with E-state index in [0.29, 0.717) is 0 Å². The molecule has 1 unspecified atom stereocenters. The van der Waals surface area contributed by atoms with Crippen molar-refractivity contribution in [2.75, 3.05) is 5.32 Å². The third-order valence-electron chi connectivity index (χ3n) is 7.28. The minimum absolute atomic E-state index is 0.111. The third kappa shape index (κ3) is 3.72. The Hall–Kier alpha value is -1.80. The maximum Gasteiger partial charge on any atom is 0.263 e. The Kier molecular flexibility index (Phi) is 5.26. The summed E-state index contributed by atoms with van der Waals surface area (Å²) in [5.41, 5.74) is 2.29. The van der Waals surface area contributed by atoms with E-state index in [-0.39, 0.29) is 22.9 Å². The number of anilines is 1. The summed E-state index contributed by atoms with van der Waals surface area (Å²) in [6.07, 6.45) is 9.41. The zero-order valence-corrected chi connectivity index (χ0v) is 18.2. The highest BCUT2D eigenvalue weighted by Crippen LogP contribution is 2.61. The van der Waals surface area contributed by atoms with Crippen LogP contribution in [0.5, 0.6) is 0 Å². The zero-order chi connectivity index (χ0) is 19.9. The predicted molar refractivity (Wildman–Crippen MR) is 114 cm³/mol. The molecule has 148 valence electrons. The van der Waals surface area contributed by atoms with Crippen molar-refractivity contribution in [1.29, 1.82) is 5.26 Å². The summed E-state index contributed by atoms with van der Waals surface area (Å²) >= 11 is 3.45. The highest BCUT2D eigenvalue weighted by Gasteiger charge is 2.53. The van der Waals surface area contributed by atoms with E-state index < -0.39 is 0 Å². The van der Waals surface area contributed by atoms with Crippen LogP contribution in [0.1, 0.15) is 51.0 Å². The lowest BCUT2D eigenvalue weighted by Crippen LogP contribution is -2.56. The number of carbonyl (C=O) groups excluding carboxylic acids is 1. The molecule has 4 aliphatic carbocycles. The Morgan fingerprint density at radius 2 is 1.86 bits per heavy atom. The first kappa shape index (κ1) is 19.5. The van der Waals surface area contributed by atoms with Gasteiger partial charge in [0.15, 0.2) is 0 Å². The summed E-state index contributed by atoms with van der Waals surface area (Å²) in [4.78, 5) is 12.8. The Bertz CT molecular complexity index is 819. The van der Waals surface area contributed by atoms with Crippen LogP contribution in [0.4, 0.5) is 5.69 Å². The van der Waals surface area contributed by atoms with Crippen molar-refractivity contribution in [3.8, 4) is 6.07 Å². The Balaban J connectivity index is 1.43. The minimum atomic E-state index is -0.270. The molecular formula is C23H28BrN3O. The first-order valence-electron chi connectivity index (χ1n) is 10.3. The lowest BCUT2D eigenvalue weighted by molar-refractivity contribution is -0.122. The maximum absolute atomic E-state index is 12.8. The highest BCUT2D eigenvalue weighted by atomic mass is 79.9. The summed E-state index contributed by atoms with van der Waals surface area (Å²) in [5, 5.41) is 15.8. The Morgan fingerprint density at radius 3 is 2.39 bits per heavy atom. The fraction of sp³-hybridized carbons (Fsp3) is 0.565. The van der Waals surface area contributed by atoms with E-state index in [1.807, 2.05) is 25.1 Å². The van der Waals surface area contributed by atoms with Crippen molar-refractivity contribution in [2.24, 2.45) is 23.2 Å². The van der Waals surface area contributed by atoms with E-state index in [1.165, 1.54) is 44.7 Å². The number of halogens is 1. The number of nitriles is 1. The fourth-order valence-electron chi connectivity index (χ4n) is 6.22. The molecule has 2 N–H and O–H groups in total. The summed E-state index contributed by atoms with van der Waals surface area (Å²) in [6, 6.07) is 8.03. The minimum Gasteiger partial charge on any atom is -0.360 e. The Labute approximate surface area is 175 Å². The van der Waals surface area contributed by atoms with Gasteiger partial charge in [-0.2, -0.15) is 5.26 Å². The molecule has 4 nitrogen and oxygen atoms in total. The number of nitrogens with zero attached hydrogens (tertiary/aromatic N) is 1. The molecule has 5 rings (SSSR count). The number of aryl methyl sites for hydroxylation is 1. The van der Waals surface area contributed by atoms with Gasteiger partial charge < -0.3 is 10.6 Å². The van der Waals surface area contributed by atoms with Gasteiger partial charge in [0.05, 0.1) is 0 Å². The van der Waals surface area contributed by atoms with Crippen LogP contribution < -0.4 is 10.6 Å². The lowest BCUT2D eigenvalue weighted by atomic mass is 9.48. The molecule has 5 heteroatoms. The molecule has 0 aliphatic heterocycles. The molecule has 1 atom stereocenters. The molecule has 0 saturated heterocycles. The monoisotopic (exact) mass is 441 g/mol. The van der Waals surface area contributed by atoms with Crippen molar-refractivity contribution < 1.29 is 4.79 Å². The Morgan fingerprint density at radius 1 is 1.25 bits per heavy atom. The molecule has 1 amide bonds. The van der Waals surface area contributed by atoms with Crippen molar-refractivity contribution in [1.82, 2.24) is 5.32 Å². The van der Waals surface area contributed by atoms with E-state index in [4.69, 9.17) is 0 Å². The second-order valence-corrected chi connectivity index (χ2v) is 10.2. The quantitative estimate of drug-likeness (QED) is 0.481. The average molecular weight is 442 g/mol. The van der Waals surface area contributed by atoms with Crippen LogP contribution in [0.15, 0.2) is 34.4 Å². The van der Waals surface area contributed by atoms with Gasteiger partial charge in [0.25, 0.3) is 5.91 Å². The van der Waals surface area contributed by atoms with Gasteiger partial charge in [-0.25, -0.2) is 0 Å². The molecule has 0 radical (unpaired) electrons. The first-order chi connectivity index (χ1) is 13.4. The largest absolute Gasteiger partial charge is 0.360 e. The second-order valence-electron chi connectivity index (χ2n) is 9.25. The molecule has 0 spiro atoms. The van der Waals surface area contributed by atoms with Crippen molar-refractivity contribution >= 4 is 27.5 Å². The van der Waals surface area contributed by atoms with Gasteiger partial charge in [-0.1, -0.05) is 15.9 Å². The summed E-state index contributed by atoms with van der Waals surface area (Å²) < 4.78 is 1.00. The number of hydrogen-bond acceptors (Lipinski definition) is 3. The molecular weight excluding hydrogens is 414 g/mol. The molecule has 1 aromatic carbocycles. The lowest BCUT2D eigenvalue weighted by Gasteiger charge is -2.59. The van der Waals surface area contributed by atoms with E-state index >= 15 is 0 Å². The van der Waals surface area contributed by atoms with Crippen LogP contribution in [0.2, 0.25) is 0 Å².